The minimum absolute atomic E-state index is 0.271. The third kappa shape index (κ3) is 1.82. The summed E-state index contributed by atoms with van der Waals surface area (Å²) in [7, 11) is -2.70. The molecule has 0 bridgehead atoms. The Balaban J connectivity index is 2.83. The van der Waals surface area contributed by atoms with E-state index in [-0.39, 0.29) is 5.75 Å². The van der Waals surface area contributed by atoms with Gasteiger partial charge in [-0.15, -0.1) is 0 Å². The van der Waals surface area contributed by atoms with Crippen molar-refractivity contribution in [3.63, 3.8) is 0 Å². The summed E-state index contributed by atoms with van der Waals surface area (Å²) >= 11 is 0. The maximum Gasteiger partial charge on any atom is 0.154 e. The Morgan fingerprint density at radius 3 is 2.56 bits per heavy atom. The van der Waals surface area contributed by atoms with Crippen LogP contribution in [-0.4, -0.2) is 19.9 Å². The smallest absolute Gasteiger partial charge is 0.154 e. The largest absolute Gasteiger partial charge is 0.228 e. The van der Waals surface area contributed by atoms with Gasteiger partial charge < -0.3 is 0 Å². The minimum Gasteiger partial charge on any atom is -0.228 e. The molecule has 0 N–H and O–H groups in total. The fraction of sp³-hybridized carbons (Fsp3) is 0.667. The zero-order chi connectivity index (χ0) is 6.91. The molecular weight excluding hydrogens is 136 g/mol. The van der Waals surface area contributed by atoms with Gasteiger partial charge in [0.15, 0.2) is 9.84 Å². The fourth-order valence-corrected chi connectivity index (χ4v) is 2.40. The van der Waals surface area contributed by atoms with Crippen LogP contribution in [-0.2, 0) is 9.84 Å². The van der Waals surface area contributed by atoms with Gasteiger partial charge in [0.05, 0.1) is 11.5 Å². The van der Waals surface area contributed by atoms with Crippen molar-refractivity contribution in [1.82, 2.24) is 0 Å². The molecule has 3 heteroatoms. The van der Waals surface area contributed by atoms with Gasteiger partial charge in [0.1, 0.15) is 0 Å². The Labute approximate surface area is 55.5 Å². The van der Waals surface area contributed by atoms with Crippen LogP contribution >= 0.6 is 0 Å². The molecular formula is C6H10O2S. The predicted molar refractivity (Wildman–Crippen MR) is 37.0 cm³/mol. The second-order valence-electron chi connectivity index (χ2n) is 2.43. The highest BCUT2D eigenvalue weighted by molar-refractivity contribution is 7.91. The van der Waals surface area contributed by atoms with Gasteiger partial charge in [-0.25, -0.2) is 8.42 Å². The summed E-state index contributed by atoms with van der Waals surface area (Å²) in [6.07, 6.45) is 2.69. The van der Waals surface area contributed by atoms with Gasteiger partial charge in [0, 0.05) is 0 Å². The number of hydrogen-bond acceptors (Lipinski definition) is 2. The molecule has 0 fully saturated rings. The van der Waals surface area contributed by atoms with E-state index in [9.17, 15) is 8.42 Å². The Bertz CT molecular complexity index is 223. The van der Waals surface area contributed by atoms with Crippen LogP contribution < -0.4 is 0 Å². The first-order chi connectivity index (χ1) is 4.10. The highest BCUT2D eigenvalue weighted by Gasteiger charge is 2.14. The summed E-state index contributed by atoms with van der Waals surface area (Å²) in [5, 5.41) is 0. The first kappa shape index (κ1) is 6.81. The molecule has 0 aromatic carbocycles. The Morgan fingerprint density at radius 1 is 1.56 bits per heavy atom. The summed E-state index contributed by atoms with van der Waals surface area (Å²) < 4.78 is 21.6. The maximum atomic E-state index is 10.8. The van der Waals surface area contributed by atoms with E-state index >= 15 is 0 Å². The zero-order valence-electron chi connectivity index (χ0n) is 5.42. The lowest BCUT2D eigenvalue weighted by Gasteiger charge is -2.08. The molecule has 0 saturated heterocycles. The number of rotatable bonds is 0. The van der Waals surface area contributed by atoms with Crippen molar-refractivity contribution in [2.75, 3.05) is 11.5 Å². The van der Waals surface area contributed by atoms with E-state index in [0.717, 1.165) is 5.57 Å². The Hall–Kier alpha value is -0.310. The van der Waals surface area contributed by atoms with Gasteiger partial charge in [-0.2, -0.15) is 0 Å². The van der Waals surface area contributed by atoms with E-state index in [2.05, 4.69) is 0 Å². The average Bonchev–Trinajstić information content (AvgIpc) is 1.60. The molecule has 2 nitrogen and oxygen atoms in total. The van der Waals surface area contributed by atoms with Crippen LogP contribution in [0.1, 0.15) is 13.3 Å². The molecule has 0 aromatic heterocycles. The quantitative estimate of drug-likeness (QED) is 0.473. The first-order valence-corrected chi connectivity index (χ1v) is 4.78. The van der Waals surface area contributed by atoms with Crippen molar-refractivity contribution in [2.45, 2.75) is 13.3 Å². The second-order valence-corrected chi connectivity index (χ2v) is 4.62. The number of sulfone groups is 1. The predicted octanol–water partition coefficient (Wildman–Crippen LogP) is 0.751. The van der Waals surface area contributed by atoms with Crippen LogP contribution in [0.15, 0.2) is 11.6 Å². The van der Waals surface area contributed by atoms with Crippen LogP contribution in [0.2, 0.25) is 0 Å². The van der Waals surface area contributed by atoms with Crippen molar-refractivity contribution in [1.29, 1.82) is 0 Å². The number of hydrogen-bond donors (Lipinski definition) is 0. The van der Waals surface area contributed by atoms with Gasteiger partial charge >= 0.3 is 0 Å². The van der Waals surface area contributed by atoms with Crippen LogP contribution in [0, 0.1) is 0 Å². The highest BCUT2D eigenvalue weighted by atomic mass is 32.2. The van der Waals surface area contributed by atoms with Gasteiger partial charge in [-0.1, -0.05) is 11.6 Å². The molecule has 1 heterocycles. The summed E-state index contributed by atoms with van der Waals surface area (Å²) in [5.41, 5.74) is 0.987. The number of allylic oxidation sites excluding steroid dienone is 1. The summed E-state index contributed by atoms with van der Waals surface area (Å²) in [4.78, 5) is 0. The lowest BCUT2D eigenvalue weighted by molar-refractivity contribution is 0.596. The molecule has 0 radical (unpaired) electrons. The summed E-state index contributed by atoms with van der Waals surface area (Å²) in [5.74, 6) is 0.608. The molecule has 0 aliphatic carbocycles. The average molecular weight is 146 g/mol. The Morgan fingerprint density at radius 2 is 2.22 bits per heavy atom. The van der Waals surface area contributed by atoms with Gasteiger partial charge in [-0.3, -0.25) is 0 Å². The van der Waals surface area contributed by atoms with E-state index in [1.54, 1.807) is 0 Å². The molecule has 1 rings (SSSR count). The molecule has 1 aliphatic rings. The monoisotopic (exact) mass is 146 g/mol. The van der Waals surface area contributed by atoms with Gasteiger partial charge in [0.2, 0.25) is 0 Å². The van der Waals surface area contributed by atoms with Crippen molar-refractivity contribution >= 4 is 9.84 Å². The Kier molecular flexibility index (Phi) is 1.62. The molecule has 1 aliphatic heterocycles. The third-order valence-electron chi connectivity index (χ3n) is 1.37. The SMILES string of the molecule is CC1=CCCS(=O)(=O)C1. The summed E-state index contributed by atoms with van der Waals surface area (Å²) in [6, 6.07) is 0. The van der Waals surface area contributed by atoms with E-state index in [1.807, 2.05) is 13.0 Å². The van der Waals surface area contributed by atoms with Gasteiger partial charge in [0.25, 0.3) is 0 Å². The van der Waals surface area contributed by atoms with Crippen molar-refractivity contribution in [3.8, 4) is 0 Å². The molecule has 0 spiro atoms. The molecule has 0 amide bonds. The van der Waals surface area contributed by atoms with E-state index in [4.69, 9.17) is 0 Å². The van der Waals surface area contributed by atoms with Crippen molar-refractivity contribution in [2.24, 2.45) is 0 Å². The minimum atomic E-state index is -2.70. The van der Waals surface area contributed by atoms with Crippen LogP contribution in [0.3, 0.4) is 0 Å². The topological polar surface area (TPSA) is 34.1 Å². The van der Waals surface area contributed by atoms with Crippen LogP contribution in [0.25, 0.3) is 0 Å². The standard InChI is InChI=1S/C6H10O2S/c1-6-3-2-4-9(7,8)5-6/h3H,2,4-5H2,1H3. The lowest BCUT2D eigenvalue weighted by atomic mass is 10.3. The first-order valence-electron chi connectivity index (χ1n) is 2.96. The molecule has 9 heavy (non-hydrogen) atoms. The van der Waals surface area contributed by atoms with Crippen LogP contribution in [0.5, 0.6) is 0 Å². The van der Waals surface area contributed by atoms with Crippen LogP contribution in [0.4, 0.5) is 0 Å². The molecule has 0 atom stereocenters. The molecule has 52 valence electrons. The molecule has 0 aromatic rings. The molecule has 0 unspecified atom stereocenters. The van der Waals surface area contributed by atoms with Crippen molar-refractivity contribution < 1.29 is 8.42 Å². The third-order valence-corrected chi connectivity index (χ3v) is 3.12. The van der Waals surface area contributed by atoms with Crippen molar-refractivity contribution in [3.05, 3.63) is 11.6 Å². The maximum absolute atomic E-state index is 10.8. The lowest BCUT2D eigenvalue weighted by Crippen LogP contribution is -2.15. The molecule has 0 saturated carbocycles. The van der Waals surface area contributed by atoms with E-state index < -0.39 is 9.84 Å². The zero-order valence-corrected chi connectivity index (χ0v) is 6.24. The summed E-state index contributed by atoms with van der Waals surface area (Å²) in [6.45, 7) is 1.86. The highest BCUT2D eigenvalue weighted by Crippen LogP contribution is 2.09. The second kappa shape index (κ2) is 2.14. The van der Waals surface area contributed by atoms with Gasteiger partial charge in [-0.05, 0) is 13.3 Å². The fourth-order valence-electron chi connectivity index (χ4n) is 0.963. The van der Waals surface area contributed by atoms with E-state index in [1.165, 1.54) is 0 Å². The normalized spacial score (nSPS) is 25.2. The van der Waals surface area contributed by atoms with E-state index in [0.29, 0.717) is 12.2 Å².